The Balaban J connectivity index is 0. The van der Waals surface area contributed by atoms with E-state index in [2.05, 4.69) is 0 Å². The third-order valence-corrected chi connectivity index (χ3v) is 0. The van der Waals surface area contributed by atoms with Crippen LogP contribution in [0.15, 0.2) is 0 Å². The van der Waals surface area contributed by atoms with Crippen molar-refractivity contribution >= 4 is 37.2 Å². The van der Waals surface area contributed by atoms with Crippen molar-refractivity contribution in [2.45, 2.75) is 0 Å². The topological polar surface area (TPSA) is 0 Å². The monoisotopic (exact) mass is 203 g/mol. The van der Waals surface area contributed by atoms with Crippen molar-refractivity contribution in [2.75, 3.05) is 0 Å². The van der Waals surface area contributed by atoms with Gasteiger partial charge in [0.25, 0.3) is 0 Å². The number of rotatable bonds is 0. The van der Waals surface area contributed by atoms with Gasteiger partial charge >= 0.3 is 51.4 Å². The minimum absolute atomic E-state index is 0. The van der Waals surface area contributed by atoms with E-state index >= 15 is 0 Å². The van der Waals surface area contributed by atoms with Gasteiger partial charge < -0.3 is 1.43 Å². The van der Waals surface area contributed by atoms with Gasteiger partial charge in [0.15, 0.2) is 0 Å². The van der Waals surface area contributed by atoms with Gasteiger partial charge in [0.2, 0.25) is 0 Å². The largest absolute Gasteiger partial charge is 1.00 e. The zero-order valence-corrected chi connectivity index (χ0v) is 9.36. The van der Waals surface area contributed by atoms with Crippen LogP contribution in [-0.4, -0.2) is 0 Å². The summed E-state index contributed by atoms with van der Waals surface area (Å²) in [5, 5.41) is 0. The molecular formula is H4Cl3KMn. The van der Waals surface area contributed by atoms with Crippen LogP contribution in [0.5, 0.6) is 0 Å². The molecule has 0 aromatic carbocycles. The second kappa shape index (κ2) is 27.9. The average Bonchev–Trinajstić information content (AvgIpc) is 0. The molecule has 0 nitrogen and oxygen atoms in total. The summed E-state index contributed by atoms with van der Waals surface area (Å²) in [7, 11) is 0. The van der Waals surface area contributed by atoms with E-state index in [9.17, 15) is 0 Å². The molecule has 0 spiro atoms. The van der Waals surface area contributed by atoms with Crippen LogP contribution >= 0.6 is 37.2 Å². The molecule has 0 aliphatic carbocycles. The zero-order valence-electron chi connectivity index (χ0n) is 3.60. The van der Waals surface area contributed by atoms with E-state index in [0.717, 1.165) is 0 Å². The molecule has 0 N–H and O–H groups in total. The Labute approximate surface area is 105 Å². The molecule has 1 radical (unpaired) electrons. The van der Waals surface area contributed by atoms with E-state index in [4.69, 9.17) is 0 Å². The first-order chi connectivity index (χ1) is 0. The van der Waals surface area contributed by atoms with Crippen LogP contribution in [-0.2, 0) is 17.1 Å². The molecule has 0 unspecified atom stereocenters. The summed E-state index contributed by atoms with van der Waals surface area (Å²) in [5.41, 5.74) is 0. The van der Waals surface area contributed by atoms with Gasteiger partial charge in [-0.2, -0.15) is 0 Å². The van der Waals surface area contributed by atoms with Gasteiger partial charge in [-0.1, -0.05) is 0 Å². The summed E-state index contributed by atoms with van der Waals surface area (Å²) in [6.45, 7) is 0. The van der Waals surface area contributed by atoms with Gasteiger partial charge in [-0.3, -0.25) is 0 Å². The van der Waals surface area contributed by atoms with E-state index in [1.54, 1.807) is 0 Å². The molecule has 0 bridgehead atoms. The van der Waals surface area contributed by atoms with Crippen molar-refractivity contribution in [3.63, 3.8) is 0 Å². The summed E-state index contributed by atoms with van der Waals surface area (Å²) >= 11 is 0. The van der Waals surface area contributed by atoms with Gasteiger partial charge in [-0.15, -0.1) is 37.2 Å². The van der Waals surface area contributed by atoms with Crippen LogP contribution in [0.4, 0.5) is 0 Å². The molecule has 0 heterocycles. The third-order valence-electron chi connectivity index (χ3n) is 0. The molecule has 0 aromatic rings. The van der Waals surface area contributed by atoms with E-state index < -0.39 is 0 Å². The number of hydrogen-bond acceptors (Lipinski definition) is 0. The molecule has 0 aliphatic rings. The van der Waals surface area contributed by atoms with E-state index in [1.807, 2.05) is 0 Å². The van der Waals surface area contributed by atoms with Crippen molar-refractivity contribution in [1.82, 2.24) is 0 Å². The van der Waals surface area contributed by atoms with E-state index in [0.29, 0.717) is 0 Å². The SMILES string of the molecule is Cl.Cl.Cl.[H-].[K+].[Mn]. The maximum Gasteiger partial charge on any atom is 1.00 e. The Hall–Kier alpha value is 3.03. The van der Waals surface area contributed by atoms with Gasteiger partial charge in [0.05, 0.1) is 0 Å². The Morgan fingerprint density at radius 1 is 0.800 bits per heavy atom. The Morgan fingerprint density at radius 3 is 0.800 bits per heavy atom. The molecule has 0 aromatic heterocycles. The molecule has 0 amide bonds. The Bertz CT molecular complexity index is 10.8. The Morgan fingerprint density at radius 2 is 0.800 bits per heavy atom. The van der Waals surface area contributed by atoms with E-state index in [1.165, 1.54) is 0 Å². The van der Waals surface area contributed by atoms with Gasteiger partial charge in [-0.25, -0.2) is 0 Å². The molecular weight excluding hydrogens is 200 g/mol. The van der Waals surface area contributed by atoms with E-state index in [-0.39, 0.29) is 107 Å². The molecule has 0 saturated carbocycles. The van der Waals surface area contributed by atoms with Gasteiger partial charge in [0, 0.05) is 17.1 Å². The van der Waals surface area contributed by atoms with Crippen LogP contribution < -0.4 is 51.4 Å². The molecule has 33 valence electrons. The van der Waals surface area contributed by atoms with Crippen LogP contribution in [0.3, 0.4) is 0 Å². The Kier molecular flexibility index (Phi) is 241. The van der Waals surface area contributed by atoms with Crippen LogP contribution in [0.1, 0.15) is 1.43 Å². The van der Waals surface area contributed by atoms with Crippen molar-refractivity contribution in [2.24, 2.45) is 0 Å². The summed E-state index contributed by atoms with van der Waals surface area (Å²) in [6.07, 6.45) is 0. The number of hydrogen-bond donors (Lipinski definition) is 0. The normalized spacial score (nSPS) is 0. The number of halogens is 3. The van der Waals surface area contributed by atoms with Gasteiger partial charge in [0.1, 0.15) is 0 Å². The molecule has 0 fully saturated rings. The van der Waals surface area contributed by atoms with Crippen molar-refractivity contribution in [1.29, 1.82) is 0 Å². The predicted molar refractivity (Wildman–Crippen MR) is 22.9 cm³/mol. The standard InChI is InChI=1S/3ClH.K.Mn.H/h3*1H;;;/q;;;+1;;-1. The first kappa shape index (κ1) is 43.3. The first-order valence-electron chi connectivity index (χ1n) is 0. The quantitative estimate of drug-likeness (QED) is 0.416. The second-order valence-corrected chi connectivity index (χ2v) is 0. The first-order valence-corrected chi connectivity index (χ1v) is 0. The van der Waals surface area contributed by atoms with Crippen LogP contribution in [0.25, 0.3) is 0 Å². The predicted octanol–water partition coefficient (Wildman–Crippen LogP) is -1.62. The summed E-state index contributed by atoms with van der Waals surface area (Å²) in [6, 6.07) is 0. The minimum atomic E-state index is 0. The van der Waals surface area contributed by atoms with Crippen LogP contribution in [0.2, 0.25) is 0 Å². The second-order valence-electron chi connectivity index (χ2n) is 0. The van der Waals surface area contributed by atoms with Gasteiger partial charge in [-0.05, 0) is 0 Å². The maximum atomic E-state index is 0. The zero-order chi connectivity index (χ0) is 0. The fraction of sp³-hybridized carbons (Fsp3) is 0. The third kappa shape index (κ3) is 19.4. The summed E-state index contributed by atoms with van der Waals surface area (Å²) < 4.78 is 0. The molecule has 0 saturated heterocycles. The summed E-state index contributed by atoms with van der Waals surface area (Å²) in [5.74, 6) is 0. The van der Waals surface area contributed by atoms with Crippen molar-refractivity contribution < 1.29 is 69.9 Å². The fourth-order valence-electron chi connectivity index (χ4n) is 0. The summed E-state index contributed by atoms with van der Waals surface area (Å²) in [4.78, 5) is 0. The minimum Gasteiger partial charge on any atom is -1.00 e. The maximum absolute atomic E-state index is 0. The molecule has 0 rings (SSSR count). The molecule has 0 atom stereocenters. The average molecular weight is 204 g/mol. The smallest absolute Gasteiger partial charge is 1.00 e. The molecule has 5 heavy (non-hydrogen) atoms. The molecule has 5 heteroatoms. The van der Waals surface area contributed by atoms with Crippen molar-refractivity contribution in [3.05, 3.63) is 0 Å². The fourth-order valence-corrected chi connectivity index (χ4v) is 0. The van der Waals surface area contributed by atoms with Crippen molar-refractivity contribution in [3.8, 4) is 0 Å². The molecule has 0 aliphatic heterocycles. The van der Waals surface area contributed by atoms with Crippen LogP contribution in [0, 0.1) is 0 Å².